The number of rotatable bonds is 3. The van der Waals surface area contributed by atoms with Crippen molar-refractivity contribution in [1.29, 1.82) is 0 Å². The van der Waals surface area contributed by atoms with Gasteiger partial charge in [-0.3, -0.25) is 0 Å². The van der Waals surface area contributed by atoms with Crippen LogP contribution in [0.4, 0.5) is 0 Å². The first-order valence-electron chi connectivity index (χ1n) is 4.48. The topological polar surface area (TPSA) is 20.2 Å². The highest BCUT2D eigenvalue weighted by Crippen LogP contribution is 2.11. The second-order valence-electron chi connectivity index (χ2n) is 3.01. The second kappa shape index (κ2) is 3.89. The zero-order chi connectivity index (χ0) is 9.23. The summed E-state index contributed by atoms with van der Waals surface area (Å²) in [5.74, 6) is -0.160. The Hall–Kier alpha value is -0.0400. The average molecular weight is 132 g/mol. The average Bonchev–Trinajstić information content (AvgIpc) is 1.85. The van der Waals surface area contributed by atoms with Crippen LogP contribution in [0.5, 0.6) is 0 Å². The quantitative estimate of drug-likeness (QED) is 0.623. The molecule has 1 heteroatoms. The molecule has 0 fully saturated rings. The lowest BCUT2D eigenvalue weighted by Gasteiger charge is -2.15. The van der Waals surface area contributed by atoms with Crippen molar-refractivity contribution in [1.82, 2.24) is 0 Å². The Morgan fingerprint density at radius 2 is 1.78 bits per heavy atom. The fourth-order valence-corrected chi connectivity index (χ4v) is 0.534. The van der Waals surface area contributed by atoms with Gasteiger partial charge in [-0.15, -0.1) is 0 Å². The summed E-state index contributed by atoms with van der Waals surface area (Å²) in [7, 11) is 0. The van der Waals surface area contributed by atoms with Crippen molar-refractivity contribution in [2.24, 2.45) is 11.8 Å². The largest absolute Gasteiger partial charge is 0.393 e. The van der Waals surface area contributed by atoms with E-state index in [1.165, 1.54) is 0 Å². The molecule has 1 N–H and O–H groups in total. The van der Waals surface area contributed by atoms with Gasteiger partial charge >= 0.3 is 0 Å². The van der Waals surface area contributed by atoms with Gasteiger partial charge in [0.2, 0.25) is 0 Å². The van der Waals surface area contributed by atoms with Crippen LogP contribution >= 0.6 is 0 Å². The van der Waals surface area contributed by atoms with Gasteiger partial charge in [0, 0.05) is 2.74 Å². The number of aliphatic hydroxyl groups is 1. The van der Waals surface area contributed by atoms with Crippen LogP contribution in [0.15, 0.2) is 0 Å². The van der Waals surface area contributed by atoms with Gasteiger partial charge < -0.3 is 5.11 Å². The molecule has 0 aromatic rings. The van der Waals surface area contributed by atoms with Gasteiger partial charge in [-0.25, -0.2) is 0 Å². The standard InChI is InChI=1S/C8H18O/c1-6(2)5-8(9)7(3)4/h6-9H,5H2,1-4H3/i5D2. The van der Waals surface area contributed by atoms with E-state index >= 15 is 0 Å². The normalized spacial score (nSPS) is 19.9. The smallest absolute Gasteiger partial charge is 0.0565 e. The third-order valence-electron chi connectivity index (χ3n) is 1.14. The first-order valence-corrected chi connectivity index (χ1v) is 3.48. The molecule has 1 nitrogen and oxygen atoms in total. The van der Waals surface area contributed by atoms with E-state index in [-0.39, 0.29) is 11.8 Å². The summed E-state index contributed by atoms with van der Waals surface area (Å²) in [6.45, 7) is 7.22. The highest BCUT2D eigenvalue weighted by molar-refractivity contribution is 4.61. The van der Waals surface area contributed by atoms with Crippen LogP contribution in [-0.2, 0) is 0 Å². The van der Waals surface area contributed by atoms with E-state index in [0.29, 0.717) is 0 Å². The zero-order valence-electron chi connectivity index (χ0n) is 8.68. The zero-order valence-corrected chi connectivity index (χ0v) is 6.68. The van der Waals surface area contributed by atoms with E-state index in [0.717, 1.165) is 0 Å². The molecule has 56 valence electrons. The lowest BCUT2D eigenvalue weighted by Crippen LogP contribution is -2.16. The van der Waals surface area contributed by atoms with Gasteiger partial charge in [0.25, 0.3) is 0 Å². The van der Waals surface area contributed by atoms with Gasteiger partial charge in [-0.1, -0.05) is 27.7 Å². The maximum absolute atomic E-state index is 9.45. The Kier molecular flexibility index (Phi) is 2.47. The Labute approximate surface area is 60.9 Å². The fourth-order valence-electron chi connectivity index (χ4n) is 0.534. The molecule has 0 aliphatic heterocycles. The Balaban J connectivity index is 4.29. The first-order chi connectivity index (χ1) is 4.80. The molecule has 0 aliphatic rings. The summed E-state index contributed by atoms with van der Waals surface area (Å²) in [4.78, 5) is 0. The second-order valence-corrected chi connectivity index (χ2v) is 3.01. The van der Waals surface area contributed by atoms with Crippen molar-refractivity contribution in [2.45, 2.75) is 40.2 Å². The number of hydrogen-bond acceptors (Lipinski definition) is 1. The Morgan fingerprint density at radius 1 is 1.33 bits per heavy atom. The van der Waals surface area contributed by atoms with Gasteiger partial charge in [0.15, 0.2) is 0 Å². The summed E-state index contributed by atoms with van der Waals surface area (Å²) in [6, 6.07) is 0. The van der Waals surface area contributed by atoms with Gasteiger partial charge in [-0.2, -0.15) is 0 Å². The molecule has 0 bridgehead atoms. The monoisotopic (exact) mass is 132 g/mol. The lowest BCUT2D eigenvalue weighted by molar-refractivity contribution is 0.103. The minimum atomic E-state index is -1.46. The van der Waals surface area contributed by atoms with E-state index < -0.39 is 12.5 Å². The highest BCUT2D eigenvalue weighted by atomic mass is 16.3. The number of aliphatic hydroxyl groups excluding tert-OH is 1. The van der Waals surface area contributed by atoms with Crippen LogP contribution < -0.4 is 0 Å². The summed E-state index contributed by atoms with van der Waals surface area (Å²) in [5, 5.41) is 9.45. The summed E-state index contributed by atoms with van der Waals surface area (Å²) in [5.41, 5.74) is 0. The van der Waals surface area contributed by atoms with E-state index in [2.05, 4.69) is 0 Å². The molecule has 0 radical (unpaired) electrons. The predicted octanol–water partition coefficient (Wildman–Crippen LogP) is 2.05. The molecule has 0 amide bonds. The van der Waals surface area contributed by atoms with Crippen molar-refractivity contribution >= 4 is 0 Å². The first kappa shape index (κ1) is 5.72. The summed E-state index contributed by atoms with van der Waals surface area (Å²) < 4.78 is 15.1. The molecular weight excluding hydrogens is 112 g/mol. The molecule has 1 unspecified atom stereocenters. The molecule has 0 rings (SSSR count). The molecule has 0 heterocycles. The van der Waals surface area contributed by atoms with Gasteiger partial charge in [-0.05, 0) is 18.2 Å². The third kappa shape index (κ3) is 4.46. The van der Waals surface area contributed by atoms with Crippen LogP contribution in [0.25, 0.3) is 0 Å². The van der Waals surface area contributed by atoms with Crippen molar-refractivity contribution in [3.63, 3.8) is 0 Å². The minimum Gasteiger partial charge on any atom is -0.393 e. The van der Waals surface area contributed by atoms with E-state index in [4.69, 9.17) is 2.74 Å². The molecule has 0 aromatic carbocycles. The van der Waals surface area contributed by atoms with Crippen LogP contribution in [0, 0.1) is 11.8 Å². The molecule has 0 saturated heterocycles. The fraction of sp³-hybridized carbons (Fsp3) is 1.00. The summed E-state index contributed by atoms with van der Waals surface area (Å²) in [6.07, 6.45) is -2.32. The van der Waals surface area contributed by atoms with Crippen molar-refractivity contribution in [3.8, 4) is 0 Å². The summed E-state index contributed by atoms with van der Waals surface area (Å²) >= 11 is 0. The minimum absolute atomic E-state index is 0.0209. The number of hydrogen-bond donors (Lipinski definition) is 1. The van der Waals surface area contributed by atoms with Crippen LogP contribution in [0.2, 0.25) is 0 Å². The van der Waals surface area contributed by atoms with Crippen molar-refractivity contribution < 1.29 is 7.85 Å². The molecular formula is C8H18O. The maximum Gasteiger partial charge on any atom is 0.0565 e. The predicted molar refractivity (Wildman–Crippen MR) is 40.3 cm³/mol. The van der Waals surface area contributed by atoms with Crippen molar-refractivity contribution in [2.75, 3.05) is 0 Å². The third-order valence-corrected chi connectivity index (χ3v) is 1.14. The highest BCUT2D eigenvalue weighted by Gasteiger charge is 2.09. The van der Waals surface area contributed by atoms with E-state index in [1.54, 1.807) is 13.8 Å². The Bertz CT molecular complexity index is 121. The van der Waals surface area contributed by atoms with Crippen LogP contribution in [-0.4, -0.2) is 11.2 Å². The molecule has 0 spiro atoms. The van der Waals surface area contributed by atoms with Gasteiger partial charge in [0.05, 0.1) is 6.10 Å². The Morgan fingerprint density at radius 3 is 1.89 bits per heavy atom. The molecule has 1 atom stereocenters. The van der Waals surface area contributed by atoms with Gasteiger partial charge in [0.1, 0.15) is 0 Å². The molecule has 0 saturated carbocycles. The molecule has 0 aliphatic carbocycles. The van der Waals surface area contributed by atoms with E-state index in [1.807, 2.05) is 13.8 Å². The van der Waals surface area contributed by atoms with Crippen LogP contribution in [0.1, 0.15) is 36.8 Å². The van der Waals surface area contributed by atoms with E-state index in [9.17, 15) is 5.11 Å². The van der Waals surface area contributed by atoms with Crippen LogP contribution in [0.3, 0.4) is 0 Å². The lowest BCUT2D eigenvalue weighted by atomic mass is 9.98. The molecule has 9 heavy (non-hydrogen) atoms. The molecule has 0 aromatic heterocycles. The van der Waals surface area contributed by atoms with Crippen molar-refractivity contribution in [3.05, 3.63) is 0 Å². The SMILES string of the molecule is [2H]C([2H])(C(C)C)C(O)C(C)C. The maximum atomic E-state index is 9.45.